The minimum atomic E-state index is 0.335. The van der Waals surface area contributed by atoms with Crippen LogP contribution in [0.5, 0.6) is 11.6 Å². The number of nitrogens with two attached hydrogens (primary N) is 1. The molecule has 25 heavy (non-hydrogen) atoms. The van der Waals surface area contributed by atoms with E-state index in [-0.39, 0.29) is 0 Å². The summed E-state index contributed by atoms with van der Waals surface area (Å²) in [5.74, 6) is 2.02. The zero-order valence-electron chi connectivity index (χ0n) is 14.7. The lowest BCUT2D eigenvalue weighted by Gasteiger charge is -2.12. The number of nitrogens with one attached hydrogen (secondary N) is 1. The second kappa shape index (κ2) is 7.21. The maximum absolute atomic E-state index is 6.17. The number of aryl methyl sites for hydroxylation is 1. The van der Waals surface area contributed by atoms with Gasteiger partial charge in [-0.05, 0) is 42.7 Å². The molecule has 128 valence electrons. The number of nitrogens with zero attached hydrogens (tertiary/aromatic N) is 2. The van der Waals surface area contributed by atoms with Crippen molar-refractivity contribution in [2.45, 2.75) is 26.7 Å². The topological polar surface area (TPSA) is 73.1 Å². The number of nitrogen functional groups attached to an aromatic ring is 1. The Labute approximate surface area is 147 Å². The molecule has 0 radical (unpaired) electrons. The molecule has 0 atom stereocenters. The smallest absolute Gasteiger partial charge is 0.248 e. The SMILES string of the molecule is Cc1ccc(Nc2ncnc(Oc3ccc(C(C)C)cc3)c2N)cc1. The van der Waals surface area contributed by atoms with Crippen molar-refractivity contribution in [2.24, 2.45) is 0 Å². The molecule has 5 nitrogen and oxygen atoms in total. The maximum atomic E-state index is 6.17. The van der Waals surface area contributed by atoms with E-state index in [1.807, 2.05) is 55.5 Å². The van der Waals surface area contributed by atoms with Crippen LogP contribution in [0.4, 0.5) is 17.2 Å². The number of benzene rings is 2. The van der Waals surface area contributed by atoms with E-state index >= 15 is 0 Å². The van der Waals surface area contributed by atoms with Crippen LogP contribution < -0.4 is 15.8 Å². The molecule has 0 amide bonds. The normalized spacial score (nSPS) is 10.7. The van der Waals surface area contributed by atoms with Crippen molar-refractivity contribution in [3.8, 4) is 11.6 Å². The summed E-state index contributed by atoms with van der Waals surface area (Å²) in [6, 6.07) is 15.9. The fourth-order valence-electron chi connectivity index (χ4n) is 2.37. The lowest BCUT2D eigenvalue weighted by molar-refractivity contribution is 0.464. The minimum absolute atomic E-state index is 0.335. The van der Waals surface area contributed by atoms with Crippen LogP contribution in [0.15, 0.2) is 54.9 Å². The Hall–Kier alpha value is -3.08. The molecule has 1 heterocycles. The summed E-state index contributed by atoms with van der Waals surface area (Å²) >= 11 is 0. The average molecular weight is 334 g/mol. The van der Waals surface area contributed by atoms with Crippen LogP contribution in [-0.2, 0) is 0 Å². The molecule has 0 spiro atoms. The summed E-state index contributed by atoms with van der Waals surface area (Å²) in [7, 11) is 0. The molecule has 0 bridgehead atoms. The van der Waals surface area contributed by atoms with Gasteiger partial charge in [0.25, 0.3) is 0 Å². The summed E-state index contributed by atoms with van der Waals surface area (Å²) < 4.78 is 5.83. The van der Waals surface area contributed by atoms with E-state index in [0.29, 0.717) is 29.1 Å². The lowest BCUT2D eigenvalue weighted by atomic mass is 10.0. The lowest BCUT2D eigenvalue weighted by Crippen LogP contribution is -2.03. The molecule has 5 heteroatoms. The number of aromatic nitrogens is 2. The van der Waals surface area contributed by atoms with E-state index in [2.05, 4.69) is 29.1 Å². The Morgan fingerprint density at radius 1 is 0.960 bits per heavy atom. The predicted molar refractivity (Wildman–Crippen MR) is 102 cm³/mol. The molecule has 3 rings (SSSR count). The third kappa shape index (κ3) is 4.07. The molecule has 0 fully saturated rings. The number of ether oxygens (including phenoxy) is 1. The van der Waals surface area contributed by atoms with Gasteiger partial charge in [-0.1, -0.05) is 43.7 Å². The van der Waals surface area contributed by atoms with E-state index in [1.54, 1.807) is 0 Å². The first-order chi connectivity index (χ1) is 12.0. The van der Waals surface area contributed by atoms with Crippen LogP contribution in [-0.4, -0.2) is 9.97 Å². The Morgan fingerprint density at radius 3 is 2.28 bits per heavy atom. The Morgan fingerprint density at radius 2 is 1.64 bits per heavy atom. The van der Waals surface area contributed by atoms with Crippen LogP contribution in [0.2, 0.25) is 0 Å². The van der Waals surface area contributed by atoms with Crippen molar-refractivity contribution in [2.75, 3.05) is 11.1 Å². The van der Waals surface area contributed by atoms with E-state index in [4.69, 9.17) is 10.5 Å². The Bertz CT molecular complexity index is 843. The predicted octanol–water partition coefficient (Wildman–Crippen LogP) is 5.03. The van der Waals surface area contributed by atoms with Crippen molar-refractivity contribution >= 4 is 17.2 Å². The molecule has 0 unspecified atom stereocenters. The number of hydrogen-bond acceptors (Lipinski definition) is 5. The summed E-state index contributed by atoms with van der Waals surface area (Å²) in [4.78, 5) is 8.36. The molecular weight excluding hydrogens is 312 g/mol. The highest BCUT2D eigenvalue weighted by molar-refractivity contribution is 5.72. The summed E-state index contributed by atoms with van der Waals surface area (Å²) in [5.41, 5.74) is 9.90. The highest BCUT2D eigenvalue weighted by Gasteiger charge is 2.11. The van der Waals surface area contributed by atoms with Crippen molar-refractivity contribution in [3.63, 3.8) is 0 Å². The van der Waals surface area contributed by atoms with Crippen LogP contribution in [0.1, 0.15) is 30.9 Å². The van der Waals surface area contributed by atoms with Crippen molar-refractivity contribution in [1.29, 1.82) is 0 Å². The zero-order chi connectivity index (χ0) is 17.8. The van der Waals surface area contributed by atoms with Crippen LogP contribution in [0.25, 0.3) is 0 Å². The molecule has 3 N–H and O–H groups in total. The summed E-state index contributed by atoms with van der Waals surface area (Å²) in [5, 5.41) is 3.19. The van der Waals surface area contributed by atoms with Gasteiger partial charge in [-0.25, -0.2) is 4.98 Å². The van der Waals surface area contributed by atoms with E-state index < -0.39 is 0 Å². The second-order valence-electron chi connectivity index (χ2n) is 6.26. The van der Waals surface area contributed by atoms with E-state index in [1.165, 1.54) is 17.5 Å². The third-order valence-corrected chi connectivity index (χ3v) is 3.92. The van der Waals surface area contributed by atoms with Crippen molar-refractivity contribution in [3.05, 3.63) is 66.0 Å². The molecule has 0 aliphatic rings. The maximum Gasteiger partial charge on any atom is 0.248 e. The Kier molecular flexibility index (Phi) is 4.84. The molecule has 0 aliphatic heterocycles. The molecule has 0 saturated heterocycles. The van der Waals surface area contributed by atoms with Gasteiger partial charge in [-0.2, -0.15) is 4.98 Å². The first-order valence-electron chi connectivity index (χ1n) is 8.25. The first kappa shape index (κ1) is 16.8. The fraction of sp³-hybridized carbons (Fsp3) is 0.200. The molecule has 0 aliphatic carbocycles. The number of anilines is 3. The summed E-state index contributed by atoms with van der Waals surface area (Å²) in [6.07, 6.45) is 1.44. The number of rotatable bonds is 5. The number of hydrogen-bond donors (Lipinski definition) is 2. The van der Waals surface area contributed by atoms with Gasteiger partial charge in [-0.3, -0.25) is 0 Å². The van der Waals surface area contributed by atoms with Crippen LogP contribution in [0, 0.1) is 6.92 Å². The Balaban J connectivity index is 1.79. The van der Waals surface area contributed by atoms with Gasteiger partial charge in [0.2, 0.25) is 5.88 Å². The first-order valence-corrected chi connectivity index (χ1v) is 8.25. The quantitative estimate of drug-likeness (QED) is 0.685. The second-order valence-corrected chi connectivity index (χ2v) is 6.26. The molecular formula is C20H22N4O. The van der Waals surface area contributed by atoms with Gasteiger partial charge in [0.05, 0.1) is 0 Å². The highest BCUT2D eigenvalue weighted by Crippen LogP contribution is 2.31. The van der Waals surface area contributed by atoms with Gasteiger partial charge in [0, 0.05) is 5.69 Å². The standard InChI is InChI=1S/C20H22N4O/c1-13(2)15-6-10-17(11-7-15)25-20-18(21)19(22-12-23-20)24-16-8-4-14(3)5-9-16/h4-13H,21H2,1-3H3,(H,22,23,24). The highest BCUT2D eigenvalue weighted by atomic mass is 16.5. The van der Waals surface area contributed by atoms with Crippen LogP contribution in [0.3, 0.4) is 0 Å². The summed E-state index contributed by atoms with van der Waals surface area (Å²) in [6.45, 7) is 6.35. The molecule has 3 aromatic rings. The zero-order valence-corrected chi connectivity index (χ0v) is 14.7. The average Bonchev–Trinajstić information content (AvgIpc) is 2.61. The molecule has 1 aromatic heterocycles. The molecule has 0 saturated carbocycles. The monoisotopic (exact) mass is 334 g/mol. The van der Waals surface area contributed by atoms with Gasteiger partial charge in [0.15, 0.2) is 5.82 Å². The minimum Gasteiger partial charge on any atom is -0.437 e. The van der Waals surface area contributed by atoms with E-state index in [0.717, 1.165) is 5.69 Å². The van der Waals surface area contributed by atoms with Crippen LogP contribution >= 0.6 is 0 Å². The van der Waals surface area contributed by atoms with Gasteiger partial charge in [0.1, 0.15) is 17.8 Å². The van der Waals surface area contributed by atoms with Gasteiger partial charge < -0.3 is 15.8 Å². The van der Waals surface area contributed by atoms with Crippen molar-refractivity contribution in [1.82, 2.24) is 9.97 Å². The third-order valence-electron chi connectivity index (χ3n) is 3.92. The fourth-order valence-corrected chi connectivity index (χ4v) is 2.37. The van der Waals surface area contributed by atoms with Gasteiger partial charge >= 0.3 is 0 Å². The molecule has 2 aromatic carbocycles. The van der Waals surface area contributed by atoms with Gasteiger partial charge in [-0.15, -0.1) is 0 Å². The van der Waals surface area contributed by atoms with E-state index in [9.17, 15) is 0 Å². The largest absolute Gasteiger partial charge is 0.437 e. The van der Waals surface area contributed by atoms with Crippen molar-refractivity contribution < 1.29 is 4.74 Å².